The molecule has 3 rings (SSSR count). The van der Waals surface area contributed by atoms with Crippen molar-refractivity contribution in [3.05, 3.63) is 55.3 Å². The summed E-state index contributed by atoms with van der Waals surface area (Å²) < 4.78 is 0.581. The first-order chi connectivity index (χ1) is 9.06. The summed E-state index contributed by atoms with van der Waals surface area (Å²) in [7, 11) is 0. The summed E-state index contributed by atoms with van der Waals surface area (Å²) in [6, 6.07) is 6.77. The van der Waals surface area contributed by atoms with E-state index in [0.29, 0.717) is 30.2 Å². The van der Waals surface area contributed by atoms with E-state index in [0.717, 1.165) is 5.52 Å². The van der Waals surface area contributed by atoms with Gasteiger partial charge in [0.1, 0.15) is 0 Å². The molecule has 0 unspecified atom stereocenters. The van der Waals surface area contributed by atoms with Gasteiger partial charge in [0.25, 0.3) is 0 Å². The molecule has 1 N–H and O–H groups in total. The van der Waals surface area contributed by atoms with Crippen molar-refractivity contribution < 1.29 is 4.79 Å². The Balaban J connectivity index is 2.18. The Bertz CT molecular complexity index is 790. The van der Waals surface area contributed by atoms with E-state index in [1.165, 1.54) is 11.3 Å². The van der Waals surface area contributed by atoms with Gasteiger partial charge in [0, 0.05) is 22.1 Å². The van der Waals surface area contributed by atoms with Crippen molar-refractivity contribution in [1.29, 1.82) is 0 Å². The van der Waals surface area contributed by atoms with Gasteiger partial charge in [-0.1, -0.05) is 34.8 Å². The second kappa shape index (κ2) is 4.84. The van der Waals surface area contributed by atoms with Crippen LogP contribution in [0.2, 0.25) is 14.4 Å². The summed E-state index contributed by atoms with van der Waals surface area (Å²) >= 11 is 19.2. The molecule has 3 aromatic rings. The third-order valence-electron chi connectivity index (χ3n) is 2.74. The van der Waals surface area contributed by atoms with Gasteiger partial charge in [0.2, 0.25) is 5.78 Å². The van der Waals surface area contributed by atoms with Crippen LogP contribution in [0.1, 0.15) is 15.2 Å². The van der Waals surface area contributed by atoms with Crippen molar-refractivity contribution in [2.24, 2.45) is 0 Å². The standard InChI is InChI=1S/C13H6Cl3NOS/c14-6-3-8(15)12-7(5-17-9(12)4-6)13(18)10-1-2-11(16)19-10/h1-5,17H. The zero-order valence-corrected chi connectivity index (χ0v) is 12.4. The van der Waals surface area contributed by atoms with Crippen LogP contribution in [0, 0.1) is 0 Å². The summed E-state index contributed by atoms with van der Waals surface area (Å²) in [5.41, 5.74) is 1.26. The van der Waals surface area contributed by atoms with E-state index in [9.17, 15) is 4.79 Å². The predicted octanol–water partition coefficient (Wildman–Crippen LogP) is 5.42. The fourth-order valence-electron chi connectivity index (χ4n) is 1.93. The highest BCUT2D eigenvalue weighted by molar-refractivity contribution is 7.18. The van der Waals surface area contributed by atoms with Crippen LogP contribution >= 0.6 is 46.1 Å². The van der Waals surface area contributed by atoms with Crippen molar-refractivity contribution in [3.63, 3.8) is 0 Å². The minimum absolute atomic E-state index is 0.104. The van der Waals surface area contributed by atoms with Crippen molar-refractivity contribution >= 4 is 62.8 Å². The van der Waals surface area contributed by atoms with Gasteiger partial charge in [-0.2, -0.15) is 0 Å². The molecule has 0 spiro atoms. The zero-order valence-electron chi connectivity index (χ0n) is 9.34. The van der Waals surface area contributed by atoms with Crippen LogP contribution in [-0.4, -0.2) is 10.8 Å². The molecule has 0 saturated heterocycles. The number of fused-ring (bicyclic) bond motifs is 1. The molecule has 96 valence electrons. The van der Waals surface area contributed by atoms with E-state index in [1.54, 1.807) is 30.5 Å². The Morgan fingerprint density at radius 1 is 1.16 bits per heavy atom. The van der Waals surface area contributed by atoms with Gasteiger partial charge in [0.05, 0.1) is 19.8 Å². The molecule has 0 aliphatic rings. The number of benzene rings is 1. The van der Waals surface area contributed by atoms with Gasteiger partial charge in [-0.15, -0.1) is 11.3 Å². The maximum atomic E-state index is 12.4. The molecule has 2 heterocycles. The summed E-state index contributed by atoms with van der Waals surface area (Å²) in [5.74, 6) is -0.104. The van der Waals surface area contributed by atoms with Gasteiger partial charge in [-0.05, 0) is 24.3 Å². The van der Waals surface area contributed by atoms with Crippen LogP contribution in [0.25, 0.3) is 10.9 Å². The smallest absolute Gasteiger partial charge is 0.205 e. The Morgan fingerprint density at radius 2 is 1.95 bits per heavy atom. The number of H-pyrrole nitrogens is 1. The number of hydrogen-bond donors (Lipinski definition) is 1. The first-order valence-electron chi connectivity index (χ1n) is 5.32. The van der Waals surface area contributed by atoms with Crippen LogP contribution in [-0.2, 0) is 0 Å². The van der Waals surface area contributed by atoms with E-state index < -0.39 is 0 Å². The molecular weight excluding hydrogens is 325 g/mol. The van der Waals surface area contributed by atoms with Crippen LogP contribution in [0.15, 0.2) is 30.5 Å². The van der Waals surface area contributed by atoms with Crippen molar-refractivity contribution in [3.8, 4) is 0 Å². The van der Waals surface area contributed by atoms with E-state index in [4.69, 9.17) is 34.8 Å². The van der Waals surface area contributed by atoms with Gasteiger partial charge >= 0.3 is 0 Å². The number of carbonyl (C=O) groups is 1. The lowest BCUT2D eigenvalue weighted by Crippen LogP contribution is -1.97. The maximum absolute atomic E-state index is 12.4. The minimum atomic E-state index is -0.104. The Labute approximate surface area is 127 Å². The lowest BCUT2D eigenvalue weighted by atomic mass is 10.1. The number of aromatic amines is 1. The SMILES string of the molecule is O=C(c1ccc(Cl)s1)c1c[nH]c2cc(Cl)cc(Cl)c12. The topological polar surface area (TPSA) is 32.9 Å². The normalized spacial score (nSPS) is 11.1. The van der Waals surface area contributed by atoms with E-state index in [-0.39, 0.29) is 5.78 Å². The number of carbonyl (C=O) groups excluding carboxylic acids is 1. The van der Waals surface area contributed by atoms with E-state index in [2.05, 4.69) is 4.98 Å². The molecule has 2 aromatic heterocycles. The van der Waals surface area contributed by atoms with Crippen LogP contribution < -0.4 is 0 Å². The molecule has 6 heteroatoms. The Hall–Kier alpha value is -1.000. The van der Waals surface area contributed by atoms with Crippen molar-refractivity contribution in [1.82, 2.24) is 4.98 Å². The second-order valence-corrected chi connectivity index (χ2v) is 6.50. The average molecular weight is 331 g/mol. The van der Waals surface area contributed by atoms with Crippen LogP contribution in [0.5, 0.6) is 0 Å². The largest absolute Gasteiger partial charge is 0.360 e. The molecule has 0 aliphatic heterocycles. The fraction of sp³-hybridized carbons (Fsp3) is 0. The number of hydrogen-bond acceptors (Lipinski definition) is 2. The molecule has 0 bridgehead atoms. The van der Waals surface area contributed by atoms with Gasteiger partial charge in [-0.3, -0.25) is 4.79 Å². The summed E-state index contributed by atoms with van der Waals surface area (Å²) in [4.78, 5) is 16.0. The van der Waals surface area contributed by atoms with Crippen LogP contribution in [0.4, 0.5) is 0 Å². The zero-order chi connectivity index (χ0) is 13.6. The number of ketones is 1. The Morgan fingerprint density at radius 3 is 2.63 bits per heavy atom. The summed E-state index contributed by atoms with van der Waals surface area (Å²) in [5, 5.41) is 1.66. The van der Waals surface area contributed by atoms with E-state index in [1.807, 2.05) is 0 Å². The molecule has 19 heavy (non-hydrogen) atoms. The predicted molar refractivity (Wildman–Crippen MR) is 81.1 cm³/mol. The summed E-state index contributed by atoms with van der Waals surface area (Å²) in [6.07, 6.45) is 1.64. The number of rotatable bonds is 2. The molecule has 2 nitrogen and oxygen atoms in total. The molecule has 0 aliphatic carbocycles. The quantitative estimate of drug-likeness (QED) is 0.625. The fourth-order valence-corrected chi connectivity index (χ4v) is 3.52. The molecule has 0 amide bonds. The average Bonchev–Trinajstić information content (AvgIpc) is 2.94. The lowest BCUT2D eigenvalue weighted by Gasteiger charge is -1.99. The maximum Gasteiger partial charge on any atom is 0.205 e. The van der Waals surface area contributed by atoms with Crippen molar-refractivity contribution in [2.45, 2.75) is 0 Å². The monoisotopic (exact) mass is 329 g/mol. The third kappa shape index (κ3) is 2.28. The highest BCUT2D eigenvalue weighted by Gasteiger charge is 2.18. The molecular formula is C13H6Cl3NOS. The van der Waals surface area contributed by atoms with Crippen molar-refractivity contribution in [2.75, 3.05) is 0 Å². The van der Waals surface area contributed by atoms with Gasteiger partial charge in [0.15, 0.2) is 0 Å². The van der Waals surface area contributed by atoms with Gasteiger partial charge < -0.3 is 4.98 Å². The molecule has 0 atom stereocenters. The molecule has 1 aromatic carbocycles. The summed E-state index contributed by atoms with van der Waals surface area (Å²) in [6.45, 7) is 0. The third-order valence-corrected chi connectivity index (χ3v) is 4.48. The molecule has 0 radical (unpaired) electrons. The number of nitrogens with one attached hydrogen (secondary N) is 1. The second-order valence-electron chi connectivity index (χ2n) is 3.95. The highest BCUT2D eigenvalue weighted by atomic mass is 35.5. The first-order valence-corrected chi connectivity index (χ1v) is 7.27. The highest BCUT2D eigenvalue weighted by Crippen LogP contribution is 2.33. The number of thiophene rings is 1. The lowest BCUT2D eigenvalue weighted by molar-refractivity contribution is 0.104. The first kappa shape index (κ1) is 13.0. The Kier molecular flexibility index (Phi) is 3.31. The molecule has 0 saturated carbocycles. The van der Waals surface area contributed by atoms with E-state index >= 15 is 0 Å². The number of halogens is 3. The number of aromatic nitrogens is 1. The van der Waals surface area contributed by atoms with Gasteiger partial charge in [-0.25, -0.2) is 0 Å². The minimum Gasteiger partial charge on any atom is -0.360 e. The molecule has 0 fully saturated rings. The van der Waals surface area contributed by atoms with Crippen LogP contribution in [0.3, 0.4) is 0 Å².